The monoisotopic (exact) mass is 599 g/mol. The van der Waals surface area contributed by atoms with Crippen molar-refractivity contribution in [1.82, 2.24) is 14.9 Å². The van der Waals surface area contributed by atoms with E-state index in [2.05, 4.69) is 15.3 Å². The molecule has 0 spiro atoms. The largest absolute Gasteiger partial charge is 0.497 e. The Balaban J connectivity index is 1.72. The van der Waals surface area contributed by atoms with E-state index in [1.54, 1.807) is 31.3 Å². The summed E-state index contributed by atoms with van der Waals surface area (Å²) in [5.74, 6) is 0.743. The van der Waals surface area contributed by atoms with Crippen molar-refractivity contribution in [2.45, 2.75) is 31.6 Å². The molecule has 1 N–H and O–H groups in total. The van der Waals surface area contributed by atoms with Crippen LogP contribution in [0.2, 0.25) is 0 Å². The van der Waals surface area contributed by atoms with Crippen molar-refractivity contribution in [2.24, 2.45) is 0 Å². The number of methoxy groups -OCH3 is 2. The maximum absolute atomic E-state index is 14.1. The molecular weight excluding hydrogens is 562 g/mol. The van der Waals surface area contributed by atoms with E-state index in [4.69, 9.17) is 9.47 Å². The van der Waals surface area contributed by atoms with Gasteiger partial charge in [0.15, 0.2) is 5.16 Å². The zero-order valence-electron chi connectivity index (χ0n) is 25.3. The highest BCUT2D eigenvalue weighted by Gasteiger charge is 2.32. The normalized spacial score (nSPS) is 11.4. The summed E-state index contributed by atoms with van der Waals surface area (Å²) in [6.07, 6.45) is 0. The van der Waals surface area contributed by atoms with E-state index >= 15 is 0 Å². The summed E-state index contributed by atoms with van der Waals surface area (Å²) in [5.41, 5.74) is 4.75. The third-order valence-electron chi connectivity index (χ3n) is 6.74. The number of nitrogens with zero attached hydrogens (tertiary/aromatic N) is 4. The number of anilines is 2. The quantitative estimate of drug-likeness (QED) is 0.164. The van der Waals surface area contributed by atoms with Gasteiger partial charge in [-0.1, -0.05) is 36.0 Å². The molecule has 43 heavy (non-hydrogen) atoms. The molecule has 0 aliphatic heterocycles. The fourth-order valence-corrected chi connectivity index (χ4v) is 5.39. The summed E-state index contributed by atoms with van der Waals surface area (Å²) in [5, 5.41) is 3.54. The molecule has 0 aliphatic rings. The topological polar surface area (TPSA) is 96.9 Å². The Labute approximate surface area is 257 Å². The fourth-order valence-electron chi connectivity index (χ4n) is 4.56. The molecule has 0 bridgehead atoms. The average Bonchev–Trinajstić information content (AvgIpc) is 2.99. The number of carbonyl (C=O) groups excluding carboxylic acids is 2. The van der Waals surface area contributed by atoms with Gasteiger partial charge in [-0.05, 0) is 79.6 Å². The van der Waals surface area contributed by atoms with Gasteiger partial charge in [-0.15, -0.1) is 0 Å². The number of carbonyl (C=O) groups is 2. The molecule has 4 rings (SSSR count). The van der Waals surface area contributed by atoms with Crippen molar-refractivity contribution in [3.05, 3.63) is 101 Å². The molecule has 9 nitrogen and oxygen atoms in total. The van der Waals surface area contributed by atoms with Crippen molar-refractivity contribution in [3.8, 4) is 11.5 Å². The molecule has 3 aromatic carbocycles. The minimum Gasteiger partial charge on any atom is -0.497 e. The highest BCUT2D eigenvalue weighted by atomic mass is 32.2. The average molecular weight is 600 g/mol. The van der Waals surface area contributed by atoms with E-state index in [0.717, 1.165) is 22.6 Å². The molecule has 1 atom stereocenters. The van der Waals surface area contributed by atoms with Crippen LogP contribution in [0.15, 0.2) is 84.0 Å². The zero-order chi connectivity index (χ0) is 30.9. The number of nitrogens with one attached hydrogen (secondary N) is 1. The van der Waals surface area contributed by atoms with Gasteiger partial charge in [0.25, 0.3) is 5.91 Å². The number of benzene rings is 3. The number of rotatable bonds is 12. The Morgan fingerprint density at radius 1 is 0.860 bits per heavy atom. The van der Waals surface area contributed by atoms with Gasteiger partial charge in [0, 0.05) is 43.4 Å². The maximum Gasteiger partial charge on any atom is 0.251 e. The molecule has 0 fully saturated rings. The van der Waals surface area contributed by atoms with Gasteiger partial charge in [0.1, 0.15) is 17.5 Å². The van der Waals surface area contributed by atoms with E-state index in [1.807, 2.05) is 99.6 Å². The van der Waals surface area contributed by atoms with E-state index < -0.39 is 6.04 Å². The first-order valence-electron chi connectivity index (χ1n) is 13.8. The third kappa shape index (κ3) is 8.48. The van der Waals surface area contributed by atoms with Gasteiger partial charge in [0.2, 0.25) is 5.91 Å². The predicted molar refractivity (Wildman–Crippen MR) is 171 cm³/mol. The summed E-state index contributed by atoms with van der Waals surface area (Å²) in [6, 6.07) is 23.2. The van der Waals surface area contributed by atoms with Gasteiger partial charge in [-0.2, -0.15) is 0 Å². The van der Waals surface area contributed by atoms with Gasteiger partial charge in [0.05, 0.1) is 20.0 Å². The van der Waals surface area contributed by atoms with E-state index in [1.165, 1.54) is 11.8 Å². The number of thioether (sulfide) groups is 1. The lowest BCUT2D eigenvalue weighted by Gasteiger charge is -2.32. The molecule has 1 heterocycles. The molecule has 2 amide bonds. The number of hydrogen-bond donors (Lipinski definition) is 1. The van der Waals surface area contributed by atoms with Gasteiger partial charge >= 0.3 is 0 Å². The van der Waals surface area contributed by atoms with Crippen LogP contribution in [0.4, 0.5) is 11.4 Å². The third-order valence-corrected chi connectivity index (χ3v) is 7.57. The first kappa shape index (κ1) is 31.4. The number of aromatic nitrogens is 2. The summed E-state index contributed by atoms with van der Waals surface area (Å²) < 4.78 is 10.8. The second-order valence-corrected chi connectivity index (χ2v) is 11.1. The molecule has 0 saturated heterocycles. The number of ether oxygens (including phenoxy) is 2. The van der Waals surface area contributed by atoms with E-state index in [9.17, 15) is 9.59 Å². The Morgan fingerprint density at radius 3 is 2.12 bits per heavy atom. The SMILES string of the molecule is COc1ccc(CN(C(=O)CSc2nc(C)cc(C)n2)C(C(=O)Nc2ccc(N(C)C)cc2)c2cccc(OC)c2)cc1. The van der Waals surface area contributed by atoms with Crippen molar-refractivity contribution in [1.29, 1.82) is 0 Å². The molecule has 0 saturated carbocycles. The van der Waals surface area contributed by atoms with E-state index in [0.29, 0.717) is 27.9 Å². The fraction of sp³-hybridized carbons (Fsp3) is 0.273. The highest BCUT2D eigenvalue weighted by Crippen LogP contribution is 2.30. The summed E-state index contributed by atoms with van der Waals surface area (Å²) in [7, 11) is 7.08. The van der Waals surface area contributed by atoms with Crippen molar-refractivity contribution in [2.75, 3.05) is 44.3 Å². The van der Waals surface area contributed by atoms with Crippen LogP contribution in [0.25, 0.3) is 0 Å². The molecule has 0 radical (unpaired) electrons. The Bertz CT molecular complexity index is 1520. The Hall–Kier alpha value is -4.57. The van der Waals surface area contributed by atoms with Crippen molar-refractivity contribution in [3.63, 3.8) is 0 Å². The van der Waals surface area contributed by atoms with Gasteiger partial charge in [-0.25, -0.2) is 9.97 Å². The minimum absolute atomic E-state index is 0.0460. The van der Waals surface area contributed by atoms with Crippen LogP contribution >= 0.6 is 11.8 Å². The van der Waals surface area contributed by atoms with Crippen molar-refractivity contribution < 1.29 is 19.1 Å². The maximum atomic E-state index is 14.1. The second kappa shape index (κ2) is 14.6. The van der Waals surface area contributed by atoms with Gasteiger partial charge < -0.3 is 24.6 Å². The van der Waals surface area contributed by atoms with Crippen LogP contribution in [0.5, 0.6) is 11.5 Å². The molecule has 4 aromatic rings. The number of amides is 2. The van der Waals surface area contributed by atoms with E-state index in [-0.39, 0.29) is 24.1 Å². The Morgan fingerprint density at radius 2 is 1.51 bits per heavy atom. The molecular formula is C33H37N5O4S. The first-order valence-corrected chi connectivity index (χ1v) is 14.7. The predicted octanol–water partition coefficient (Wildman–Crippen LogP) is 5.68. The van der Waals surface area contributed by atoms with Gasteiger partial charge in [-0.3, -0.25) is 9.59 Å². The van der Waals surface area contributed by atoms with Crippen LogP contribution in [-0.2, 0) is 16.1 Å². The highest BCUT2D eigenvalue weighted by molar-refractivity contribution is 7.99. The van der Waals surface area contributed by atoms with Crippen LogP contribution in [0, 0.1) is 13.8 Å². The first-order chi connectivity index (χ1) is 20.7. The molecule has 10 heteroatoms. The molecule has 1 unspecified atom stereocenters. The van der Waals surface area contributed by atoms with Crippen molar-refractivity contribution >= 4 is 35.0 Å². The standard InChI is InChI=1S/C33H37N5O4S/c1-22-18-23(2)35-33(34-22)43-21-30(39)38(20-24-10-16-28(41-5)17-11-24)31(25-8-7-9-29(19-25)42-6)32(40)36-26-12-14-27(15-13-26)37(3)4/h7-19,31H,20-21H2,1-6H3,(H,36,40). The lowest BCUT2D eigenvalue weighted by atomic mass is 10.0. The molecule has 0 aliphatic carbocycles. The summed E-state index contributed by atoms with van der Waals surface area (Å²) >= 11 is 1.25. The number of hydrogen-bond acceptors (Lipinski definition) is 8. The lowest BCUT2D eigenvalue weighted by molar-refractivity contribution is -0.137. The lowest BCUT2D eigenvalue weighted by Crippen LogP contribution is -2.41. The summed E-state index contributed by atoms with van der Waals surface area (Å²) in [6.45, 7) is 3.97. The minimum atomic E-state index is -0.959. The van der Waals surface area contributed by atoms with Crippen LogP contribution in [0.1, 0.15) is 28.6 Å². The smallest absolute Gasteiger partial charge is 0.251 e. The summed E-state index contributed by atoms with van der Waals surface area (Å²) in [4.78, 5) is 40.7. The van der Waals surface area contributed by atoms with Crippen LogP contribution in [-0.4, -0.2) is 60.8 Å². The molecule has 1 aromatic heterocycles. The number of aryl methyl sites for hydroxylation is 2. The Kier molecular flexibility index (Phi) is 10.6. The van der Waals surface area contributed by atoms with Crippen LogP contribution in [0.3, 0.4) is 0 Å². The van der Waals surface area contributed by atoms with Crippen LogP contribution < -0.4 is 19.7 Å². The zero-order valence-corrected chi connectivity index (χ0v) is 26.1. The molecule has 224 valence electrons. The second-order valence-electron chi connectivity index (χ2n) is 10.2.